The maximum absolute atomic E-state index is 12.1. The standard InChI is InChI=1S/C18H25NO3S/c20-17(19-14-8-3-1-2-4-9-14)12-22-18(21)16-11-13-7-5-6-10-15(13)23-16/h11,14H,1-10,12H2,(H,19,20). The van der Waals surface area contributed by atoms with Crippen molar-refractivity contribution in [3.63, 3.8) is 0 Å². The SMILES string of the molecule is O=C(COC(=O)c1cc2c(s1)CCCC2)NC1CCCCCC1. The lowest BCUT2D eigenvalue weighted by molar-refractivity contribution is -0.125. The molecule has 4 nitrogen and oxygen atoms in total. The average molecular weight is 335 g/mol. The van der Waals surface area contributed by atoms with Crippen LogP contribution in [0.4, 0.5) is 0 Å². The number of hydrogen-bond donors (Lipinski definition) is 1. The Morgan fingerprint density at radius 3 is 2.57 bits per heavy atom. The fourth-order valence-electron chi connectivity index (χ4n) is 3.49. The third-order valence-electron chi connectivity index (χ3n) is 4.75. The summed E-state index contributed by atoms with van der Waals surface area (Å²) in [4.78, 5) is 26.0. The second kappa shape index (κ2) is 7.95. The summed E-state index contributed by atoms with van der Waals surface area (Å²) in [6, 6.07) is 2.20. The molecule has 23 heavy (non-hydrogen) atoms. The van der Waals surface area contributed by atoms with Crippen molar-refractivity contribution in [2.45, 2.75) is 70.3 Å². The fraction of sp³-hybridized carbons (Fsp3) is 0.667. The summed E-state index contributed by atoms with van der Waals surface area (Å²) in [7, 11) is 0. The second-order valence-corrected chi connectivity index (χ2v) is 7.74. The highest BCUT2D eigenvalue weighted by Crippen LogP contribution is 2.30. The minimum Gasteiger partial charge on any atom is -0.451 e. The fourth-order valence-corrected chi connectivity index (χ4v) is 4.63. The second-order valence-electron chi connectivity index (χ2n) is 6.60. The number of carbonyl (C=O) groups is 2. The van der Waals surface area contributed by atoms with Crippen molar-refractivity contribution in [3.8, 4) is 0 Å². The molecule has 1 heterocycles. The van der Waals surface area contributed by atoms with Crippen LogP contribution in [-0.2, 0) is 22.4 Å². The molecule has 1 N–H and O–H groups in total. The number of aryl methyl sites for hydroxylation is 2. The maximum atomic E-state index is 12.1. The molecule has 0 aromatic carbocycles. The molecule has 126 valence electrons. The van der Waals surface area contributed by atoms with Crippen LogP contribution in [0.3, 0.4) is 0 Å². The first-order valence-corrected chi connectivity index (χ1v) is 9.62. The molecular weight excluding hydrogens is 310 g/mol. The van der Waals surface area contributed by atoms with E-state index < -0.39 is 0 Å². The van der Waals surface area contributed by atoms with Gasteiger partial charge in [0.15, 0.2) is 6.61 Å². The van der Waals surface area contributed by atoms with Gasteiger partial charge in [-0.3, -0.25) is 4.79 Å². The molecule has 0 aliphatic heterocycles. The topological polar surface area (TPSA) is 55.4 Å². The third-order valence-corrected chi connectivity index (χ3v) is 5.97. The lowest BCUT2D eigenvalue weighted by Crippen LogP contribution is -2.37. The molecular formula is C18H25NO3S. The van der Waals surface area contributed by atoms with Crippen LogP contribution in [-0.4, -0.2) is 24.5 Å². The van der Waals surface area contributed by atoms with E-state index in [1.54, 1.807) is 0 Å². The van der Waals surface area contributed by atoms with E-state index in [2.05, 4.69) is 5.32 Å². The average Bonchev–Trinajstić information content (AvgIpc) is 2.83. The van der Waals surface area contributed by atoms with Crippen LogP contribution >= 0.6 is 11.3 Å². The lowest BCUT2D eigenvalue weighted by Gasteiger charge is -2.15. The summed E-state index contributed by atoms with van der Waals surface area (Å²) in [6.07, 6.45) is 11.4. The molecule has 5 heteroatoms. The van der Waals surface area contributed by atoms with Crippen LogP contribution in [0.1, 0.15) is 71.5 Å². The molecule has 2 aliphatic carbocycles. The first-order chi connectivity index (χ1) is 11.2. The number of ether oxygens (including phenoxy) is 1. The van der Waals surface area contributed by atoms with Gasteiger partial charge in [0.2, 0.25) is 0 Å². The molecule has 1 amide bonds. The summed E-state index contributed by atoms with van der Waals surface area (Å²) in [5.41, 5.74) is 1.29. The first kappa shape index (κ1) is 16.5. The molecule has 0 bridgehead atoms. The zero-order chi connectivity index (χ0) is 16.1. The first-order valence-electron chi connectivity index (χ1n) is 8.80. The van der Waals surface area contributed by atoms with E-state index in [0.717, 1.165) is 25.7 Å². The maximum Gasteiger partial charge on any atom is 0.348 e. The Balaban J connectivity index is 1.46. The number of hydrogen-bond acceptors (Lipinski definition) is 4. The van der Waals surface area contributed by atoms with Crippen molar-refractivity contribution in [1.29, 1.82) is 0 Å². The van der Waals surface area contributed by atoms with E-state index in [4.69, 9.17) is 4.74 Å². The van der Waals surface area contributed by atoms with Gasteiger partial charge in [-0.25, -0.2) is 4.79 Å². The summed E-state index contributed by atoms with van der Waals surface area (Å²) in [5, 5.41) is 3.00. The van der Waals surface area contributed by atoms with Crippen molar-refractivity contribution >= 4 is 23.2 Å². The van der Waals surface area contributed by atoms with Crippen LogP contribution < -0.4 is 5.32 Å². The van der Waals surface area contributed by atoms with Crippen LogP contribution in [0.15, 0.2) is 6.07 Å². The third kappa shape index (κ3) is 4.56. The van der Waals surface area contributed by atoms with Crippen molar-refractivity contribution in [1.82, 2.24) is 5.32 Å². The monoisotopic (exact) mass is 335 g/mol. The van der Waals surface area contributed by atoms with Gasteiger partial charge in [-0.2, -0.15) is 0 Å². The molecule has 0 spiro atoms. The summed E-state index contributed by atoms with van der Waals surface area (Å²) in [6.45, 7) is -0.169. The Labute approximate surface area is 141 Å². The Morgan fingerprint density at radius 2 is 1.83 bits per heavy atom. The normalized spacial score (nSPS) is 18.8. The van der Waals surface area contributed by atoms with Crippen molar-refractivity contribution in [2.24, 2.45) is 0 Å². The van der Waals surface area contributed by atoms with Crippen LogP contribution in [0.25, 0.3) is 0 Å². The number of esters is 1. The number of fused-ring (bicyclic) bond motifs is 1. The van der Waals surface area contributed by atoms with Gasteiger partial charge in [0.05, 0.1) is 0 Å². The molecule has 1 saturated carbocycles. The highest BCUT2D eigenvalue weighted by molar-refractivity contribution is 7.14. The van der Waals surface area contributed by atoms with Gasteiger partial charge in [-0.15, -0.1) is 11.3 Å². The van der Waals surface area contributed by atoms with Gasteiger partial charge >= 0.3 is 5.97 Å². The highest BCUT2D eigenvalue weighted by atomic mass is 32.1. The Hall–Kier alpha value is -1.36. The van der Waals surface area contributed by atoms with E-state index in [0.29, 0.717) is 4.88 Å². The van der Waals surface area contributed by atoms with E-state index in [9.17, 15) is 9.59 Å². The van der Waals surface area contributed by atoms with Gasteiger partial charge in [0, 0.05) is 10.9 Å². The van der Waals surface area contributed by atoms with Crippen molar-refractivity contribution in [3.05, 3.63) is 21.4 Å². The zero-order valence-electron chi connectivity index (χ0n) is 13.6. The quantitative estimate of drug-likeness (QED) is 0.675. The Morgan fingerprint density at radius 1 is 1.09 bits per heavy atom. The largest absolute Gasteiger partial charge is 0.451 e. The van der Waals surface area contributed by atoms with Crippen LogP contribution in [0.5, 0.6) is 0 Å². The molecule has 0 atom stereocenters. The molecule has 3 rings (SSSR count). The molecule has 1 aromatic heterocycles. The summed E-state index contributed by atoms with van der Waals surface area (Å²) < 4.78 is 5.20. The molecule has 0 saturated heterocycles. The Bertz CT molecular complexity index is 535. The van der Waals surface area contributed by atoms with Gasteiger partial charge in [0.25, 0.3) is 5.91 Å². The summed E-state index contributed by atoms with van der Waals surface area (Å²) >= 11 is 1.53. The van der Waals surface area contributed by atoms with Gasteiger partial charge in [0.1, 0.15) is 4.88 Å². The van der Waals surface area contributed by atoms with Crippen LogP contribution in [0, 0.1) is 0 Å². The molecule has 0 unspecified atom stereocenters. The van der Waals surface area contributed by atoms with Crippen molar-refractivity contribution < 1.29 is 14.3 Å². The van der Waals surface area contributed by atoms with Crippen LogP contribution in [0.2, 0.25) is 0 Å². The highest BCUT2D eigenvalue weighted by Gasteiger charge is 2.20. The number of rotatable bonds is 4. The zero-order valence-corrected chi connectivity index (χ0v) is 14.4. The minimum atomic E-state index is -0.361. The minimum absolute atomic E-state index is 0.169. The number of carbonyl (C=O) groups excluding carboxylic acids is 2. The van der Waals surface area contributed by atoms with E-state index >= 15 is 0 Å². The Kier molecular flexibility index (Phi) is 5.70. The molecule has 1 fully saturated rings. The number of amides is 1. The van der Waals surface area contributed by atoms with Gasteiger partial charge < -0.3 is 10.1 Å². The van der Waals surface area contributed by atoms with E-state index in [-0.39, 0.29) is 24.5 Å². The predicted molar refractivity (Wildman–Crippen MR) is 90.9 cm³/mol. The van der Waals surface area contributed by atoms with Gasteiger partial charge in [-0.1, -0.05) is 25.7 Å². The predicted octanol–water partition coefficient (Wildman–Crippen LogP) is 3.62. The smallest absolute Gasteiger partial charge is 0.348 e. The number of nitrogens with one attached hydrogen (secondary N) is 1. The molecule has 1 aromatic rings. The molecule has 2 aliphatic rings. The van der Waals surface area contributed by atoms with Gasteiger partial charge in [-0.05, 0) is 50.2 Å². The summed E-state index contributed by atoms with van der Waals surface area (Å²) in [5.74, 6) is -0.535. The molecule has 0 radical (unpaired) electrons. The van der Waals surface area contributed by atoms with E-state index in [1.165, 1.54) is 60.3 Å². The van der Waals surface area contributed by atoms with E-state index in [1.807, 2.05) is 6.07 Å². The lowest BCUT2D eigenvalue weighted by atomic mass is 9.99. The number of thiophene rings is 1. The van der Waals surface area contributed by atoms with Crippen molar-refractivity contribution in [2.75, 3.05) is 6.61 Å².